The zero-order valence-electron chi connectivity index (χ0n) is 40.3. The molecule has 74 heavy (non-hydrogen) atoms. The lowest BCUT2D eigenvalue weighted by atomic mass is 9.97. The van der Waals surface area contributed by atoms with E-state index in [0.717, 1.165) is 38.5 Å². The largest absolute Gasteiger partial charge is 0.484 e. The third-order valence-corrected chi connectivity index (χ3v) is 13.3. The van der Waals surface area contributed by atoms with Gasteiger partial charge in [0.15, 0.2) is 6.61 Å². The minimum atomic E-state index is -1.41. The van der Waals surface area contributed by atoms with Gasteiger partial charge in [0.25, 0.3) is 5.91 Å². The van der Waals surface area contributed by atoms with Gasteiger partial charge in [-0.1, -0.05) is 140 Å². The average Bonchev–Trinajstić information content (AvgIpc) is 4.05. The fraction of sp³-hybridized carbons (Fsp3) is 0.186. The van der Waals surface area contributed by atoms with E-state index in [1.54, 1.807) is 36.7 Å². The average molecular weight is 990 g/mol. The minimum absolute atomic E-state index is 0.0457. The Bertz CT molecular complexity index is 3320. The molecule has 4 heterocycles. The summed E-state index contributed by atoms with van der Waals surface area (Å²) in [5.41, 5.74) is 7.08. The lowest BCUT2D eigenvalue weighted by Gasteiger charge is -2.27. The molecule has 5 amide bonds. The third kappa shape index (κ3) is 12.1. The molecule has 6 aromatic carbocycles. The van der Waals surface area contributed by atoms with Crippen LogP contribution < -0.4 is 31.3 Å². The number of amides is 5. The normalized spacial score (nSPS) is 18.1. The fourth-order valence-corrected chi connectivity index (χ4v) is 9.25. The third-order valence-electron chi connectivity index (χ3n) is 13.3. The number of carboxylic acid groups (broad SMARTS) is 1. The van der Waals surface area contributed by atoms with Crippen LogP contribution in [0.2, 0.25) is 0 Å². The van der Waals surface area contributed by atoms with Gasteiger partial charge in [0.05, 0.1) is 0 Å². The predicted molar refractivity (Wildman–Crippen MR) is 283 cm³/mol. The first kappa shape index (κ1) is 49.7. The molecule has 8 N–H and O–H groups in total. The van der Waals surface area contributed by atoms with Crippen molar-refractivity contribution < 1.29 is 38.6 Å². The Morgan fingerprint density at radius 3 is 1.93 bits per heavy atom. The van der Waals surface area contributed by atoms with Gasteiger partial charge in [-0.25, -0.2) is 4.79 Å². The van der Waals surface area contributed by atoms with Crippen LogP contribution in [0.25, 0.3) is 38.5 Å². The molecule has 15 nitrogen and oxygen atoms in total. The first-order chi connectivity index (χ1) is 35.9. The second-order valence-electron chi connectivity index (χ2n) is 18.3. The van der Waals surface area contributed by atoms with E-state index in [2.05, 4.69) is 43.1 Å². The molecule has 15 heteroatoms. The Kier molecular flexibility index (Phi) is 15.4. The van der Waals surface area contributed by atoms with Crippen LogP contribution in [0.4, 0.5) is 0 Å². The molecule has 0 aliphatic carbocycles. The van der Waals surface area contributed by atoms with Gasteiger partial charge in [-0.05, 0) is 76.1 Å². The Hall–Kier alpha value is -9.24. The summed E-state index contributed by atoms with van der Waals surface area (Å²) in [6.07, 6.45) is 3.68. The van der Waals surface area contributed by atoms with Gasteiger partial charge >= 0.3 is 5.97 Å². The Balaban J connectivity index is 1.08. The lowest BCUT2D eigenvalue weighted by molar-refractivity contribution is -0.142. The number of carboxylic acids is 1. The molecule has 2 aromatic heterocycles. The summed E-state index contributed by atoms with van der Waals surface area (Å²) in [4.78, 5) is 92.2. The number of hydrogen-bond donors (Lipinski definition) is 8. The highest BCUT2D eigenvalue weighted by atomic mass is 16.5. The molecule has 0 saturated heterocycles. The van der Waals surface area contributed by atoms with Crippen molar-refractivity contribution in [3.63, 3.8) is 0 Å². The van der Waals surface area contributed by atoms with E-state index in [0.29, 0.717) is 34.4 Å². The molecule has 2 aliphatic rings. The number of benzene rings is 6. The van der Waals surface area contributed by atoms with Crippen molar-refractivity contribution in [2.24, 2.45) is 0 Å². The lowest BCUT2D eigenvalue weighted by Crippen LogP contribution is -2.60. The summed E-state index contributed by atoms with van der Waals surface area (Å²) in [6.45, 7) is 3.79. The van der Waals surface area contributed by atoms with E-state index >= 15 is 4.79 Å². The molecule has 2 bridgehead atoms. The van der Waals surface area contributed by atoms with Crippen molar-refractivity contribution in [2.75, 3.05) is 6.61 Å². The number of aryl methyl sites for hydroxylation is 1. The molecule has 0 radical (unpaired) electrons. The van der Waals surface area contributed by atoms with Crippen LogP contribution in [0.15, 0.2) is 177 Å². The number of carbonyl (C=O) groups is 6. The summed E-state index contributed by atoms with van der Waals surface area (Å²) >= 11 is 0. The number of carbonyl (C=O) groups excluding carboxylic acids is 5. The summed E-state index contributed by atoms with van der Waals surface area (Å²) in [7, 11) is 0. The van der Waals surface area contributed by atoms with Crippen molar-refractivity contribution in [2.45, 2.75) is 62.3 Å². The fourth-order valence-electron chi connectivity index (χ4n) is 9.25. The number of rotatable bonds is 13. The molecule has 10 rings (SSSR count). The number of ether oxygens (including phenoxy) is 1. The molecular formula is C59H55N7O8. The maximum absolute atomic E-state index is 15.1. The molecule has 0 spiro atoms. The zero-order chi connectivity index (χ0) is 51.6. The van der Waals surface area contributed by atoms with Crippen molar-refractivity contribution in [3.8, 4) is 16.9 Å². The Morgan fingerprint density at radius 1 is 0.622 bits per heavy atom. The van der Waals surface area contributed by atoms with Gasteiger partial charge in [-0.3, -0.25) is 24.0 Å². The number of aromatic nitrogens is 2. The number of H-pyrrole nitrogens is 2. The molecule has 8 aromatic rings. The van der Waals surface area contributed by atoms with Gasteiger partial charge < -0.3 is 46.4 Å². The second kappa shape index (κ2) is 22.9. The Labute approximate surface area is 426 Å². The van der Waals surface area contributed by atoms with Crippen LogP contribution in [-0.2, 0) is 54.5 Å². The number of hydrogen-bond acceptors (Lipinski definition) is 7. The van der Waals surface area contributed by atoms with Crippen LogP contribution in [0.1, 0.15) is 34.2 Å². The number of aromatic amines is 2. The van der Waals surface area contributed by atoms with Gasteiger partial charge in [0.2, 0.25) is 23.6 Å². The highest BCUT2D eigenvalue weighted by molar-refractivity contribution is 6.05. The number of para-hydroxylation sites is 2. The maximum Gasteiger partial charge on any atom is 0.326 e. The number of fused-ring (bicyclic) bond motifs is 18. The van der Waals surface area contributed by atoms with Gasteiger partial charge in [0.1, 0.15) is 36.0 Å². The molecular weight excluding hydrogens is 935 g/mol. The monoisotopic (exact) mass is 989 g/mol. The van der Waals surface area contributed by atoms with Crippen molar-refractivity contribution in [1.29, 1.82) is 0 Å². The minimum Gasteiger partial charge on any atom is -0.484 e. The van der Waals surface area contributed by atoms with Crippen molar-refractivity contribution >= 4 is 62.9 Å². The highest BCUT2D eigenvalue weighted by Gasteiger charge is 2.35. The molecule has 374 valence electrons. The SMILES string of the molecule is C=C(c1c[nH]c2ccccc12)[C@@H]1NC(=O)COc2ccc(cc2)C[C@@H](C(=O)N[C@H](CCc2ccccc2)C(=O)O)NC(=O)C(Cc2c[nH]c3ccccc23)NC(=O)[C@@H](Cc2ccc(-c3ccccc3)cc2)NC1=O. The first-order valence-electron chi connectivity index (χ1n) is 24.4. The van der Waals surface area contributed by atoms with E-state index in [1.165, 1.54) is 0 Å². The summed E-state index contributed by atoms with van der Waals surface area (Å²) < 4.78 is 5.89. The molecule has 2 aliphatic heterocycles. The predicted octanol–water partition coefficient (Wildman–Crippen LogP) is 6.59. The maximum atomic E-state index is 15.1. The standard InChI is InChI=1S/C59H55N7O8/c1-36(46-34-61-48-19-11-9-17-45(46)48)54-58(71)65-51(30-38-20-25-41(26-21-38)40-14-6-3-7-15-40)56(69)64-52(32-42-33-60-47-18-10-8-16-44(42)47)57(70)63-50(31-39-22-27-43(28-23-39)74-35-53(67)66-54)55(68)62-49(59(72)73)29-24-37-12-4-2-5-13-37/h2-23,25-28,33-34,49-52,54,60-61H,1,24,29-32,35H2,(H,62,68)(H,63,70)(H,64,69)(H,65,71)(H,66,67)(H,72,73)/t49-,50+,51-,52?,54+/m1/s1. The molecule has 1 unspecified atom stereocenters. The van der Waals surface area contributed by atoms with Crippen molar-refractivity contribution in [1.82, 2.24) is 36.6 Å². The van der Waals surface area contributed by atoms with Gasteiger partial charge in [0, 0.05) is 59.0 Å². The van der Waals surface area contributed by atoms with E-state index in [-0.39, 0.29) is 31.3 Å². The quantitative estimate of drug-likeness (QED) is 0.0587. The van der Waals surface area contributed by atoms with E-state index in [1.807, 2.05) is 133 Å². The second-order valence-corrected chi connectivity index (χ2v) is 18.3. The smallest absolute Gasteiger partial charge is 0.326 e. The summed E-state index contributed by atoms with van der Waals surface area (Å²) in [5, 5.41) is 26.0. The zero-order valence-corrected chi connectivity index (χ0v) is 40.3. The van der Waals surface area contributed by atoms with E-state index < -0.39 is 72.3 Å². The number of nitrogens with one attached hydrogen (secondary N) is 7. The van der Waals surface area contributed by atoms with Crippen LogP contribution in [0.5, 0.6) is 5.75 Å². The van der Waals surface area contributed by atoms with Gasteiger partial charge in [-0.15, -0.1) is 0 Å². The Morgan fingerprint density at radius 2 is 1.22 bits per heavy atom. The topological polar surface area (TPSA) is 224 Å². The van der Waals surface area contributed by atoms with Crippen molar-refractivity contribution in [3.05, 3.63) is 205 Å². The molecule has 0 saturated carbocycles. The molecule has 0 fully saturated rings. The summed E-state index contributed by atoms with van der Waals surface area (Å²) in [5.74, 6) is -4.61. The number of aliphatic carboxylic acids is 1. The van der Waals surface area contributed by atoms with Crippen LogP contribution >= 0.6 is 0 Å². The first-order valence-corrected chi connectivity index (χ1v) is 24.4. The van der Waals surface area contributed by atoms with Crippen LogP contribution in [0.3, 0.4) is 0 Å². The molecule has 5 atom stereocenters. The highest BCUT2D eigenvalue weighted by Crippen LogP contribution is 2.27. The van der Waals surface area contributed by atoms with E-state index in [9.17, 15) is 29.1 Å². The van der Waals surface area contributed by atoms with Crippen LogP contribution in [-0.4, -0.2) is 87.4 Å². The van der Waals surface area contributed by atoms with Gasteiger partial charge in [-0.2, -0.15) is 0 Å². The van der Waals surface area contributed by atoms with Crippen LogP contribution in [0, 0.1) is 0 Å². The van der Waals surface area contributed by atoms with E-state index in [4.69, 9.17) is 4.74 Å². The summed E-state index contributed by atoms with van der Waals surface area (Å²) in [6, 6.07) is 41.3.